The van der Waals surface area contributed by atoms with Crippen LogP contribution in [0.3, 0.4) is 0 Å². The molecule has 0 aromatic heterocycles. The van der Waals surface area contributed by atoms with Crippen molar-refractivity contribution in [3.05, 3.63) is 33.8 Å². The van der Waals surface area contributed by atoms with Crippen LogP contribution < -0.4 is 5.73 Å². The minimum absolute atomic E-state index is 0.0403. The van der Waals surface area contributed by atoms with Crippen LogP contribution >= 0.6 is 23.2 Å². The van der Waals surface area contributed by atoms with E-state index in [9.17, 15) is 9.18 Å². The Bertz CT molecular complexity index is 343. The van der Waals surface area contributed by atoms with Gasteiger partial charge in [-0.3, -0.25) is 4.79 Å². The zero-order valence-electron chi connectivity index (χ0n) is 6.43. The molecule has 0 spiro atoms. The lowest BCUT2D eigenvalue weighted by Gasteiger charge is -2.06. The van der Waals surface area contributed by atoms with Gasteiger partial charge in [-0.2, -0.15) is 0 Å². The fourth-order valence-electron chi connectivity index (χ4n) is 0.860. The highest BCUT2D eigenvalue weighted by atomic mass is 35.5. The number of alkyl halides is 1. The van der Waals surface area contributed by atoms with E-state index in [2.05, 4.69) is 0 Å². The standard InChI is InChI=1S/C8H6Cl2FNO/c9-4-1-2-5(6(10)3-4)7(11)8(12)13/h1-3,7H,(H2,12,13). The summed E-state index contributed by atoms with van der Waals surface area (Å²) in [7, 11) is 0. The molecule has 2 nitrogen and oxygen atoms in total. The molecule has 0 aliphatic heterocycles. The van der Waals surface area contributed by atoms with Gasteiger partial charge in [-0.15, -0.1) is 0 Å². The number of benzene rings is 1. The zero-order valence-corrected chi connectivity index (χ0v) is 7.94. The van der Waals surface area contributed by atoms with Crippen molar-refractivity contribution < 1.29 is 9.18 Å². The van der Waals surface area contributed by atoms with Crippen molar-refractivity contribution in [3.63, 3.8) is 0 Å². The molecule has 1 aromatic rings. The fraction of sp³-hybridized carbons (Fsp3) is 0.125. The summed E-state index contributed by atoms with van der Waals surface area (Å²) >= 11 is 11.2. The fourth-order valence-corrected chi connectivity index (χ4v) is 1.36. The first kappa shape index (κ1) is 10.3. The monoisotopic (exact) mass is 221 g/mol. The van der Waals surface area contributed by atoms with Gasteiger partial charge in [0.1, 0.15) is 0 Å². The Hall–Kier alpha value is -0.800. The minimum Gasteiger partial charge on any atom is -0.367 e. The van der Waals surface area contributed by atoms with Gasteiger partial charge in [-0.1, -0.05) is 29.3 Å². The lowest BCUT2D eigenvalue weighted by atomic mass is 10.1. The Morgan fingerprint density at radius 1 is 1.46 bits per heavy atom. The molecule has 0 heterocycles. The Kier molecular flexibility index (Phi) is 3.12. The molecule has 2 N–H and O–H groups in total. The first-order valence-electron chi connectivity index (χ1n) is 3.40. The zero-order chi connectivity index (χ0) is 10.0. The van der Waals surface area contributed by atoms with Gasteiger partial charge in [0.2, 0.25) is 6.17 Å². The van der Waals surface area contributed by atoms with E-state index in [0.717, 1.165) is 0 Å². The average Bonchev–Trinajstić information content (AvgIpc) is 2.03. The molecule has 1 amide bonds. The smallest absolute Gasteiger partial charge is 0.256 e. The third kappa shape index (κ3) is 2.32. The lowest BCUT2D eigenvalue weighted by molar-refractivity contribution is -0.122. The normalized spacial score (nSPS) is 12.5. The number of halogens is 3. The molecule has 0 aliphatic carbocycles. The van der Waals surface area contributed by atoms with Crippen molar-refractivity contribution in [1.29, 1.82) is 0 Å². The molecular weight excluding hydrogens is 216 g/mol. The van der Waals surface area contributed by atoms with E-state index in [0.29, 0.717) is 5.02 Å². The highest BCUT2D eigenvalue weighted by molar-refractivity contribution is 6.35. The lowest BCUT2D eigenvalue weighted by Crippen LogP contribution is -2.17. The van der Waals surface area contributed by atoms with E-state index in [-0.39, 0.29) is 10.6 Å². The SMILES string of the molecule is NC(=O)C(F)c1ccc(Cl)cc1Cl. The maximum atomic E-state index is 13.0. The van der Waals surface area contributed by atoms with Crippen molar-refractivity contribution in [2.24, 2.45) is 5.73 Å². The second-order valence-electron chi connectivity index (χ2n) is 2.43. The Morgan fingerprint density at radius 3 is 2.54 bits per heavy atom. The number of carbonyl (C=O) groups excluding carboxylic acids is 1. The van der Waals surface area contributed by atoms with E-state index in [4.69, 9.17) is 28.9 Å². The third-order valence-corrected chi connectivity index (χ3v) is 2.05. The van der Waals surface area contributed by atoms with Gasteiger partial charge < -0.3 is 5.73 Å². The van der Waals surface area contributed by atoms with E-state index < -0.39 is 12.1 Å². The van der Waals surface area contributed by atoms with Crippen molar-refractivity contribution in [2.45, 2.75) is 6.17 Å². The maximum absolute atomic E-state index is 13.0. The topological polar surface area (TPSA) is 43.1 Å². The second kappa shape index (κ2) is 3.94. The number of hydrogen-bond donors (Lipinski definition) is 1. The highest BCUT2D eigenvalue weighted by Crippen LogP contribution is 2.28. The van der Waals surface area contributed by atoms with Crippen molar-refractivity contribution in [3.8, 4) is 0 Å². The minimum atomic E-state index is -1.88. The largest absolute Gasteiger partial charge is 0.367 e. The molecule has 0 fully saturated rings. The molecule has 70 valence electrons. The average molecular weight is 222 g/mol. The van der Waals surface area contributed by atoms with E-state index in [1.165, 1.54) is 18.2 Å². The molecule has 0 aliphatic rings. The van der Waals surface area contributed by atoms with E-state index >= 15 is 0 Å². The third-order valence-electron chi connectivity index (χ3n) is 1.49. The van der Waals surface area contributed by atoms with Crippen molar-refractivity contribution in [2.75, 3.05) is 0 Å². The van der Waals surface area contributed by atoms with Crippen LogP contribution in [-0.2, 0) is 4.79 Å². The predicted octanol–water partition coefficient (Wildman–Crippen LogP) is 2.49. The molecule has 13 heavy (non-hydrogen) atoms. The van der Waals surface area contributed by atoms with Crippen molar-refractivity contribution in [1.82, 2.24) is 0 Å². The number of rotatable bonds is 2. The van der Waals surface area contributed by atoms with Gasteiger partial charge in [0.05, 0.1) is 0 Å². The van der Waals surface area contributed by atoms with Crippen LogP contribution in [0, 0.1) is 0 Å². The maximum Gasteiger partial charge on any atom is 0.256 e. The number of hydrogen-bond acceptors (Lipinski definition) is 1. The predicted molar refractivity (Wildman–Crippen MR) is 49.5 cm³/mol. The Labute approximate surface area is 84.4 Å². The summed E-state index contributed by atoms with van der Waals surface area (Å²) in [5.74, 6) is -1.07. The highest BCUT2D eigenvalue weighted by Gasteiger charge is 2.18. The van der Waals surface area contributed by atoms with Gasteiger partial charge in [0.25, 0.3) is 5.91 Å². The van der Waals surface area contributed by atoms with Crippen LogP contribution in [0.15, 0.2) is 18.2 Å². The molecule has 0 radical (unpaired) electrons. The summed E-state index contributed by atoms with van der Waals surface area (Å²) in [5.41, 5.74) is 4.81. The molecule has 1 atom stereocenters. The molecule has 1 aromatic carbocycles. The van der Waals surface area contributed by atoms with Crippen LogP contribution in [0.4, 0.5) is 4.39 Å². The van der Waals surface area contributed by atoms with Crippen molar-refractivity contribution >= 4 is 29.1 Å². The number of amides is 1. The van der Waals surface area contributed by atoms with Gasteiger partial charge in [-0.25, -0.2) is 4.39 Å². The summed E-state index contributed by atoms with van der Waals surface area (Å²) in [6.45, 7) is 0. The quantitative estimate of drug-likeness (QED) is 0.820. The van der Waals surface area contributed by atoms with Crippen LogP contribution in [0.2, 0.25) is 10.0 Å². The molecule has 0 bridgehead atoms. The first-order valence-corrected chi connectivity index (χ1v) is 4.16. The van der Waals surface area contributed by atoms with E-state index in [1.807, 2.05) is 0 Å². The molecule has 0 saturated carbocycles. The Balaban J connectivity index is 3.08. The number of nitrogens with two attached hydrogens (primary N) is 1. The molecule has 1 unspecified atom stereocenters. The summed E-state index contributed by atoms with van der Waals surface area (Å²) in [6.07, 6.45) is -1.88. The Morgan fingerprint density at radius 2 is 2.08 bits per heavy atom. The summed E-state index contributed by atoms with van der Waals surface area (Å²) in [4.78, 5) is 10.5. The molecule has 5 heteroatoms. The van der Waals surface area contributed by atoms with Crippen LogP contribution in [-0.4, -0.2) is 5.91 Å². The van der Waals surface area contributed by atoms with Crippen LogP contribution in [0.1, 0.15) is 11.7 Å². The second-order valence-corrected chi connectivity index (χ2v) is 3.27. The summed E-state index contributed by atoms with van der Waals surface area (Å²) in [5, 5.41) is 0.476. The summed E-state index contributed by atoms with van der Waals surface area (Å²) < 4.78 is 13.0. The van der Waals surface area contributed by atoms with Gasteiger partial charge >= 0.3 is 0 Å². The number of primary amides is 1. The number of carbonyl (C=O) groups is 1. The van der Waals surface area contributed by atoms with Crippen LogP contribution in [0.5, 0.6) is 0 Å². The summed E-state index contributed by atoms with van der Waals surface area (Å²) in [6, 6.07) is 4.13. The van der Waals surface area contributed by atoms with Crippen LogP contribution in [0.25, 0.3) is 0 Å². The van der Waals surface area contributed by atoms with E-state index in [1.54, 1.807) is 0 Å². The molecule has 0 saturated heterocycles. The first-order chi connectivity index (χ1) is 6.02. The molecule has 1 rings (SSSR count). The van der Waals surface area contributed by atoms with Gasteiger partial charge in [0.15, 0.2) is 0 Å². The van der Waals surface area contributed by atoms with Gasteiger partial charge in [0, 0.05) is 15.6 Å². The van der Waals surface area contributed by atoms with Gasteiger partial charge in [-0.05, 0) is 12.1 Å². The molecular formula is C8H6Cl2FNO.